The topological polar surface area (TPSA) is 368 Å². The number of carbonyl (C=O) groups excluding carboxylic acids is 4. The molecule has 0 aliphatic carbocycles. The average Bonchev–Trinajstić information content (AvgIpc) is 3.34. The molecule has 418 valence electrons. The zero-order valence-electron chi connectivity index (χ0n) is 42.0. The molecular formula is C47H61IN10O16S2Sn. The van der Waals surface area contributed by atoms with Crippen molar-refractivity contribution in [1.29, 1.82) is 0 Å². The van der Waals surface area contributed by atoms with Crippen molar-refractivity contribution in [2.75, 3.05) is 99.8 Å². The number of rotatable bonds is 33. The van der Waals surface area contributed by atoms with Gasteiger partial charge >= 0.3 is 166 Å². The van der Waals surface area contributed by atoms with Crippen molar-refractivity contribution in [1.82, 2.24) is 19.6 Å². The van der Waals surface area contributed by atoms with E-state index in [1.165, 1.54) is 23.2 Å². The maximum atomic E-state index is 12.6. The van der Waals surface area contributed by atoms with Gasteiger partial charge in [0.15, 0.2) is 0 Å². The van der Waals surface area contributed by atoms with Gasteiger partial charge in [-0.1, -0.05) is 0 Å². The summed E-state index contributed by atoms with van der Waals surface area (Å²) in [5.41, 5.74) is 2.12. The molecule has 0 saturated carbocycles. The molecule has 0 aliphatic heterocycles. The molecule has 0 atom stereocenters. The van der Waals surface area contributed by atoms with Gasteiger partial charge in [-0.05, 0) is 95.4 Å². The average molecular weight is 1330 g/mol. The van der Waals surface area contributed by atoms with E-state index in [-0.39, 0.29) is 52.4 Å². The van der Waals surface area contributed by atoms with Gasteiger partial charge < -0.3 is 31.3 Å². The maximum absolute atomic E-state index is 12.6. The molecule has 0 radical (unpaired) electrons. The van der Waals surface area contributed by atoms with Crippen LogP contribution >= 0.6 is 46.7 Å². The molecular weight excluding hydrogens is 1270 g/mol. The zero-order valence-corrected chi connectivity index (χ0v) is 48.7. The summed E-state index contributed by atoms with van der Waals surface area (Å²) >= 11 is 1.66. The third-order valence-electron chi connectivity index (χ3n) is 10.1. The first-order chi connectivity index (χ1) is 36.5. The van der Waals surface area contributed by atoms with Gasteiger partial charge in [0.1, 0.15) is 0 Å². The number of nitrogens with one attached hydrogen (secondary N) is 4. The molecule has 0 heterocycles. The Hall–Kier alpha value is -5.53. The van der Waals surface area contributed by atoms with Gasteiger partial charge in [-0.25, -0.2) is 0 Å². The number of amides is 4. The SMILES string of the molecule is NOOSc1ccc(NC(=O)CN(CCN(CC(=O)O)CC(=O)Nc2ccc(I)cc2)CC(=O)O)cc1.[CH3][Sn]([CH3])([CH3])[c]1ccc(NC(=O)CN(CCN(CC(=O)O)CC(=O)Nc2ccc(SOON)cc2)CC(=O)O)cc1. The quantitative estimate of drug-likeness (QED) is 0.0108. The summed E-state index contributed by atoms with van der Waals surface area (Å²) in [7, 11) is 0. The Labute approximate surface area is 469 Å². The molecule has 30 heteroatoms. The summed E-state index contributed by atoms with van der Waals surface area (Å²) in [4.78, 5) is 117. The summed E-state index contributed by atoms with van der Waals surface area (Å²) in [5.74, 6) is 3.23. The van der Waals surface area contributed by atoms with Crippen LogP contribution in [0, 0.1) is 3.57 Å². The van der Waals surface area contributed by atoms with E-state index in [2.05, 4.69) is 77.3 Å². The van der Waals surface area contributed by atoms with E-state index in [1.807, 2.05) is 36.4 Å². The summed E-state index contributed by atoms with van der Waals surface area (Å²) in [6.45, 7) is -2.56. The molecule has 26 nitrogen and oxygen atoms in total. The normalized spacial score (nSPS) is 11.2. The van der Waals surface area contributed by atoms with E-state index >= 15 is 0 Å². The van der Waals surface area contributed by atoms with E-state index in [9.17, 15) is 58.8 Å². The molecule has 12 N–H and O–H groups in total. The summed E-state index contributed by atoms with van der Waals surface area (Å²) < 4.78 is 11.4. The summed E-state index contributed by atoms with van der Waals surface area (Å²) in [6.07, 6.45) is 0. The second-order valence-corrected chi connectivity index (χ2v) is 34.8. The van der Waals surface area contributed by atoms with Crippen LogP contribution in [0.15, 0.2) is 107 Å². The van der Waals surface area contributed by atoms with Crippen molar-refractivity contribution in [3.05, 3.63) is 101 Å². The summed E-state index contributed by atoms with van der Waals surface area (Å²) in [5, 5.41) is 47.9. The Kier molecular flexibility index (Phi) is 29.9. The molecule has 0 aromatic heterocycles. The molecule has 0 bridgehead atoms. The number of nitrogens with zero attached hydrogens (tertiary/aromatic N) is 4. The molecule has 77 heavy (non-hydrogen) atoms. The van der Waals surface area contributed by atoms with Crippen LogP contribution < -0.4 is 36.6 Å². The molecule has 4 rings (SSSR count). The van der Waals surface area contributed by atoms with E-state index in [1.54, 1.807) is 60.7 Å². The van der Waals surface area contributed by atoms with Crippen LogP contribution in [0.1, 0.15) is 0 Å². The third kappa shape index (κ3) is 29.1. The number of hydrogen-bond donors (Lipinski definition) is 10. The first-order valence-corrected chi connectivity index (χ1v) is 35.5. The van der Waals surface area contributed by atoms with E-state index in [0.717, 1.165) is 27.7 Å². The van der Waals surface area contributed by atoms with Gasteiger partial charge in [0.05, 0.1) is 50.3 Å². The van der Waals surface area contributed by atoms with Crippen LogP contribution in [0.5, 0.6) is 0 Å². The first-order valence-electron chi connectivity index (χ1n) is 22.9. The van der Waals surface area contributed by atoms with E-state index < -0.39 is 92.1 Å². The molecule has 0 fully saturated rings. The van der Waals surface area contributed by atoms with Gasteiger partial charge in [0, 0.05) is 43.5 Å². The Balaban J connectivity index is 0.000000406. The number of nitrogens with two attached hydrogens (primary N) is 2. The molecule has 4 aromatic rings. The van der Waals surface area contributed by atoms with Crippen LogP contribution in [0.3, 0.4) is 0 Å². The zero-order chi connectivity index (χ0) is 56.9. The van der Waals surface area contributed by atoms with Gasteiger partial charge in [-0.3, -0.25) is 38.6 Å². The molecule has 0 unspecified atom stereocenters. The van der Waals surface area contributed by atoms with Crippen molar-refractivity contribution < 1.29 is 77.4 Å². The second kappa shape index (κ2) is 35.1. The summed E-state index contributed by atoms with van der Waals surface area (Å²) in [6, 6.07) is 27.9. The monoisotopic (exact) mass is 1330 g/mol. The van der Waals surface area contributed by atoms with Gasteiger partial charge in [0.2, 0.25) is 17.7 Å². The number of carbonyl (C=O) groups is 8. The number of hydrogen-bond acceptors (Lipinski definition) is 20. The van der Waals surface area contributed by atoms with E-state index in [4.69, 9.17) is 11.8 Å². The van der Waals surface area contributed by atoms with Crippen LogP contribution in [-0.2, 0) is 57.0 Å². The number of anilines is 4. The predicted octanol–water partition coefficient (Wildman–Crippen LogP) is 2.88. The van der Waals surface area contributed by atoms with Crippen LogP contribution in [0.4, 0.5) is 22.7 Å². The number of carboxylic acid groups (broad SMARTS) is 4. The molecule has 4 amide bonds. The van der Waals surface area contributed by atoms with Crippen molar-refractivity contribution in [3.63, 3.8) is 0 Å². The van der Waals surface area contributed by atoms with Gasteiger partial charge in [-0.2, -0.15) is 11.8 Å². The van der Waals surface area contributed by atoms with Crippen molar-refractivity contribution >= 4 is 139 Å². The molecule has 0 saturated heterocycles. The standard InChI is InChI=1S/C22H26IN5O8S.C22H26N5O8S.3CH3.Sn/c23-15-1-3-16(4-2-15)25-19(29)11-27(13-21(31)32)9-10-28(14-22(33)34)12-20(30)26-17-5-7-18(8-6-17)37-36-35-24;23-34-35-36-18-8-6-17(7-9-18)25-20(29)13-27(15-22(32)33)11-10-26(14-21(30)31)12-19(28)24-16-4-2-1-3-5-16;;;;/h1-8H,9-14,24H2,(H,25,29)(H,26,30)(H,31,32)(H,33,34);2-9H,10-15,23H2,(H,24,28)(H,25,29)(H,30,31)(H,32,33);3*1H3;. The fourth-order valence-corrected chi connectivity index (χ4v) is 11.1. The Bertz CT molecular complexity index is 2560. The minimum absolute atomic E-state index is 0.0375. The Morgan fingerprint density at radius 3 is 0.922 bits per heavy atom. The van der Waals surface area contributed by atoms with E-state index in [0.29, 0.717) is 32.5 Å². The molecule has 4 aromatic carbocycles. The van der Waals surface area contributed by atoms with Gasteiger partial charge in [0.25, 0.3) is 0 Å². The van der Waals surface area contributed by atoms with Gasteiger partial charge in [-0.15, -0.1) is 18.6 Å². The van der Waals surface area contributed by atoms with Crippen LogP contribution in [0.25, 0.3) is 0 Å². The fraction of sp³-hybridized carbons (Fsp3) is 0.319. The van der Waals surface area contributed by atoms with Crippen molar-refractivity contribution in [2.45, 2.75) is 24.6 Å². The molecule has 0 aliphatic rings. The predicted molar refractivity (Wildman–Crippen MR) is 297 cm³/mol. The Morgan fingerprint density at radius 2 is 0.688 bits per heavy atom. The van der Waals surface area contributed by atoms with Crippen LogP contribution in [0.2, 0.25) is 14.8 Å². The number of halogens is 1. The number of carboxylic acids is 4. The minimum atomic E-state index is -2.23. The first kappa shape index (κ1) is 65.8. The fourth-order valence-electron chi connectivity index (χ4n) is 6.69. The van der Waals surface area contributed by atoms with Crippen LogP contribution in [-0.4, -0.2) is 184 Å². The second-order valence-electron chi connectivity index (χ2n) is 17.5. The number of aliphatic carboxylic acids is 4. The van der Waals surface area contributed by atoms with Crippen molar-refractivity contribution in [2.24, 2.45) is 11.8 Å². The molecule has 0 spiro atoms. The van der Waals surface area contributed by atoms with Crippen molar-refractivity contribution in [3.8, 4) is 0 Å². The Morgan fingerprint density at radius 1 is 0.442 bits per heavy atom. The third-order valence-corrected chi connectivity index (χ3v) is 18.0. The number of benzene rings is 4.